The first kappa shape index (κ1) is 24.5. The number of hydrogen-bond donors (Lipinski definition) is 2. The third-order valence-electron chi connectivity index (χ3n) is 3.99. The minimum Gasteiger partial charge on any atom is -0.466 e. The zero-order valence-corrected chi connectivity index (χ0v) is 18.8. The van der Waals surface area contributed by atoms with E-state index in [0.29, 0.717) is 10.3 Å². The molecule has 10 heteroatoms. The van der Waals surface area contributed by atoms with Gasteiger partial charge in [0.2, 0.25) is 5.91 Å². The molecule has 9 nitrogen and oxygen atoms in total. The van der Waals surface area contributed by atoms with E-state index in [1.54, 1.807) is 27.7 Å². The summed E-state index contributed by atoms with van der Waals surface area (Å²) in [5.74, 6) is -2.35. The highest BCUT2D eigenvalue weighted by Gasteiger charge is 2.30. The van der Waals surface area contributed by atoms with E-state index in [-0.39, 0.29) is 31.8 Å². The Morgan fingerprint density at radius 1 is 1.06 bits per heavy atom. The summed E-state index contributed by atoms with van der Waals surface area (Å²) in [6, 6.07) is 3.51. The average molecular weight is 458 g/mol. The van der Waals surface area contributed by atoms with Gasteiger partial charge in [-0.3, -0.25) is 9.59 Å². The molecule has 2 atom stereocenters. The SMILES string of the molecule is [2H]N(C(=O)Oc1ccc(Cl)cc1)[C@H](C(=O)N[C@@H](CCC(=O)OCC)C(=O)OCC)C(C)C. The summed E-state index contributed by atoms with van der Waals surface area (Å²) >= 11 is 5.80. The van der Waals surface area contributed by atoms with Crippen molar-refractivity contribution in [3.63, 3.8) is 0 Å². The Kier molecular flexibility index (Phi) is 10.6. The smallest absolute Gasteiger partial charge is 0.413 e. The standard InChI is InChI=1S/C21H29ClN2O7/c1-5-29-17(25)12-11-16(20(27)30-6-2)23-19(26)18(13(3)4)24-21(28)31-15-9-7-14(22)8-10-15/h7-10,13,16,18H,5-6,11-12H2,1-4H3,(H,23,26)(H,24,28)/t16-,18-/m0/s1/i/hD. The van der Waals surface area contributed by atoms with Gasteiger partial charge in [-0.05, 0) is 50.5 Å². The molecule has 0 unspecified atom stereocenters. The van der Waals surface area contributed by atoms with Crippen LogP contribution in [0.5, 0.6) is 5.75 Å². The van der Waals surface area contributed by atoms with Crippen LogP contribution in [0.4, 0.5) is 4.79 Å². The van der Waals surface area contributed by atoms with Crippen LogP contribution in [0, 0.1) is 5.92 Å². The Hall–Kier alpha value is -2.81. The number of benzene rings is 1. The molecule has 0 aliphatic heterocycles. The fraction of sp³-hybridized carbons (Fsp3) is 0.524. The van der Waals surface area contributed by atoms with Crippen molar-refractivity contribution in [2.75, 3.05) is 13.2 Å². The van der Waals surface area contributed by atoms with Gasteiger partial charge in [0.15, 0.2) is 1.41 Å². The van der Waals surface area contributed by atoms with Crippen LogP contribution in [-0.2, 0) is 23.9 Å². The maximum absolute atomic E-state index is 12.9. The molecule has 0 radical (unpaired) electrons. The molecule has 0 heterocycles. The third-order valence-corrected chi connectivity index (χ3v) is 4.25. The first-order valence-electron chi connectivity index (χ1n) is 10.4. The van der Waals surface area contributed by atoms with Crippen LogP contribution in [0.2, 0.25) is 6.43 Å². The molecule has 0 aliphatic carbocycles. The maximum Gasteiger partial charge on any atom is 0.413 e. The lowest BCUT2D eigenvalue weighted by atomic mass is 10.0. The number of esters is 2. The number of ether oxygens (including phenoxy) is 3. The highest BCUT2D eigenvalue weighted by Crippen LogP contribution is 2.16. The number of carbonyl (C=O) groups is 4. The second kappa shape index (κ2) is 13.5. The number of halogens is 1. The molecular weight excluding hydrogens is 428 g/mol. The quantitative estimate of drug-likeness (QED) is 0.490. The van der Waals surface area contributed by atoms with E-state index in [2.05, 4.69) is 5.32 Å². The van der Waals surface area contributed by atoms with Crippen molar-refractivity contribution in [3.05, 3.63) is 29.3 Å². The Morgan fingerprint density at radius 3 is 2.23 bits per heavy atom. The van der Waals surface area contributed by atoms with E-state index in [1.165, 1.54) is 24.3 Å². The molecule has 0 aliphatic rings. The molecule has 0 saturated carbocycles. The van der Waals surface area contributed by atoms with Crippen LogP contribution in [0.1, 0.15) is 40.5 Å². The molecule has 0 fully saturated rings. The van der Waals surface area contributed by atoms with Crippen LogP contribution in [0.3, 0.4) is 0 Å². The molecule has 31 heavy (non-hydrogen) atoms. The summed E-state index contributed by atoms with van der Waals surface area (Å²) in [7, 11) is 0. The second-order valence-electron chi connectivity index (χ2n) is 6.80. The molecule has 0 saturated heterocycles. The molecule has 2 N–H and O–H groups in total. The van der Waals surface area contributed by atoms with Crippen LogP contribution >= 0.6 is 11.6 Å². The van der Waals surface area contributed by atoms with Gasteiger partial charge in [-0.1, -0.05) is 25.4 Å². The largest absolute Gasteiger partial charge is 0.466 e. The van der Waals surface area contributed by atoms with Gasteiger partial charge in [0.1, 0.15) is 17.8 Å². The first-order valence-corrected chi connectivity index (χ1v) is 10.4. The van der Waals surface area contributed by atoms with Gasteiger partial charge in [-0.15, -0.1) is 0 Å². The van der Waals surface area contributed by atoms with Crippen molar-refractivity contribution in [1.29, 1.82) is 0 Å². The fourth-order valence-corrected chi connectivity index (χ4v) is 2.62. The van der Waals surface area contributed by atoms with E-state index >= 15 is 0 Å². The number of hydrogen-bond acceptors (Lipinski definition) is 7. The summed E-state index contributed by atoms with van der Waals surface area (Å²) in [6.45, 7) is 6.81. The predicted octanol–water partition coefficient (Wildman–Crippen LogP) is 2.84. The van der Waals surface area contributed by atoms with Crippen LogP contribution in [-0.4, -0.2) is 49.2 Å². The molecular formula is C21H29ClN2O7. The van der Waals surface area contributed by atoms with Crippen LogP contribution in [0.15, 0.2) is 24.3 Å². The van der Waals surface area contributed by atoms with E-state index in [4.69, 9.17) is 27.2 Å². The summed E-state index contributed by atoms with van der Waals surface area (Å²) < 4.78 is 23.1. The zero-order valence-electron chi connectivity index (χ0n) is 19.1. The summed E-state index contributed by atoms with van der Waals surface area (Å²) in [6.07, 6.45) is -1.26. The van der Waals surface area contributed by atoms with Gasteiger partial charge in [-0.25, -0.2) is 9.59 Å². The van der Waals surface area contributed by atoms with Gasteiger partial charge in [-0.2, -0.15) is 0 Å². The predicted molar refractivity (Wildman–Crippen MR) is 114 cm³/mol. The topological polar surface area (TPSA) is 120 Å². The third kappa shape index (κ3) is 9.69. The maximum atomic E-state index is 12.9. The molecule has 0 bridgehead atoms. The van der Waals surface area contributed by atoms with Gasteiger partial charge in [0.25, 0.3) is 0 Å². The van der Waals surface area contributed by atoms with Gasteiger partial charge < -0.3 is 24.8 Å². The van der Waals surface area contributed by atoms with Gasteiger partial charge in [0, 0.05) is 11.4 Å². The molecule has 1 rings (SSSR count). The lowest BCUT2D eigenvalue weighted by Gasteiger charge is -2.24. The van der Waals surface area contributed by atoms with Crippen LogP contribution < -0.4 is 15.4 Å². The lowest BCUT2D eigenvalue weighted by Crippen LogP contribution is -2.54. The highest BCUT2D eigenvalue weighted by atomic mass is 35.5. The second-order valence-corrected chi connectivity index (χ2v) is 7.23. The van der Waals surface area contributed by atoms with E-state index < -0.39 is 41.9 Å². The molecule has 0 aromatic heterocycles. The summed E-state index contributed by atoms with van der Waals surface area (Å²) in [5.41, 5.74) is 0. The normalized spacial score (nSPS) is 12.9. The zero-order chi connectivity index (χ0) is 24.3. The molecule has 0 spiro atoms. The number of amides is 2. The minimum atomic E-state index is -1.27. The Balaban J connectivity index is 2.91. The van der Waals surface area contributed by atoms with Crippen molar-refractivity contribution < 1.29 is 34.8 Å². The summed E-state index contributed by atoms with van der Waals surface area (Å²) in [4.78, 5) is 49.2. The Morgan fingerprint density at radius 2 is 1.68 bits per heavy atom. The van der Waals surface area contributed by atoms with Crippen molar-refractivity contribution >= 4 is 35.5 Å². The number of rotatable bonds is 11. The monoisotopic (exact) mass is 457 g/mol. The van der Waals surface area contributed by atoms with Gasteiger partial charge in [0.05, 0.1) is 13.2 Å². The molecule has 2 amide bonds. The van der Waals surface area contributed by atoms with Crippen molar-refractivity contribution in [3.8, 4) is 5.75 Å². The molecule has 1 aromatic rings. The van der Waals surface area contributed by atoms with Crippen molar-refractivity contribution in [2.45, 2.75) is 52.6 Å². The number of nitrogens with one attached hydrogen (secondary N) is 2. The Bertz CT molecular complexity index is 789. The van der Waals surface area contributed by atoms with E-state index in [1.807, 2.05) is 0 Å². The Labute approximate surface area is 188 Å². The average Bonchev–Trinajstić information content (AvgIpc) is 2.72. The van der Waals surface area contributed by atoms with Crippen LogP contribution in [0.25, 0.3) is 0 Å². The molecule has 172 valence electrons. The summed E-state index contributed by atoms with van der Waals surface area (Å²) in [5, 5.41) is 3.33. The van der Waals surface area contributed by atoms with Crippen molar-refractivity contribution in [1.82, 2.24) is 10.6 Å². The highest BCUT2D eigenvalue weighted by molar-refractivity contribution is 6.30. The van der Waals surface area contributed by atoms with E-state index in [9.17, 15) is 19.2 Å². The lowest BCUT2D eigenvalue weighted by molar-refractivity contribution is -0.149. The van der Waals surface area contributed by atoms with Gasteiger partial charge >= 0.3 is 18.0 Å². The fourth-order valence-electron chi connectivity index (χ4n) is 2.50. The minimum absolute atomic E-state index is 0.0541. The van der Waals surface area contributed by atoms with Crippen molar-refractivity contribution in [2.24, 2.45) is 5.92 Å². The van der Waals surface area contributed by atoms with E-state index in [0.717, 1.165) is 0 Å². The first-order chi connectivity index (χ1) is 15.1. The number of carbonyl (C=O) groups excluding carboxylic acids is 4. The molecule has 1 aromatic carbocycles.